The van der Waals surface area contributed by atoms with Crippen LogP contribution in [0.5, 0.6) is 0 Å². The molecule has 0 aromatic rings. The van der Waals surface area contributed by atoms with Crippen molar-refractivity contribution in [1.29, 1.82) is 0 Å². The maximum Gasteiger partial charge on any atom is 0.222 e. The molecule has 0 saturated carbocycles. The lowest BCUT2D eigenvalue weighted by atomic mass is 10.2. The molecular formula is C16H33NO2. The molecule has 0 unspecified atom stereocenters. The van der Waals surface area contributed by atoms with E-state index in [1.165, 1.54) is 19.3 Å². The lowest BCUT2D eigenvalue weighted by molar-refractivity contribution is -0.131. The largest absolute Gasteiger partial charge is 0.381 e. The van der Waals surface area contributed by atoms with E-state index >= 15 is 0 Å². The van der Waals surface area contributed by atoms with Gasteiger partial charge in [0.25, 0.3) is 0 Å². The van der Waals surface area contributed by atoms with Gasteiger partial charge in [0.05, 0.1) is 0 Å². The zero-order valence-corrected chi connectivity index (χ0v) is 13.2. The Morgan fingerprint density at radius 3 is 2.05 bits per heavy atom. The fourth-order valence-corrected chi connectivity index (χ4v) is 2.12. The van der Waals surface area contributed by atoms with Crippen molar-refractivity contribution in [3.63, 3.8) is 0 Å². The van der Waals surface area contributed by atoms with Gasteiger partial charge >= 0.3 is 0 Å². The van der Waals surface area contributed by atoms with Crippen molar-refractivity contribution in [2.24, 2.45) is 0 Å². The second-order valence-electron chi connectivity index (χ2n) is 5.16. The molecule has 0 atom stereocenters. The van der Waals surface area contributed by atoms with Crippen LogP contribution in [0.1, 0.15) is 72.1 Å². The Bertz CT molecular complexity index is 201. The quantitative estimate of drug-likeness (QED) is 0.474. The average Bonchev–Trinajstić information content (AvgIpc) is 2.41. The van der Waals surface area contributed by atoms with Crippen molar-refractivity contribution < 1.29 is 9.53 Å². The fraction of sp³-hybridized carbons (Fsp3) is 0.938. The van der Waals surface area contributed by atoms with E-state index < -0.39 is 0 Å². The summed E-state index contributed by atoms with van der Waals surface area (Å²) >= 11 is 0. The summed E-state index contributed by atoms with van der Waals surface area (Å²) < 4.78 is 5.56. The third-order valence-electron chi connectivity index (χ3n) is 3.16. The lowest BCUT2D eigenvalue weighted by Gasteiger charge is -2.21. The molecule has 3 heteroatoms. The monoisotopic (exact) mass is 271 g/mol. The van der Waals surface area contributed by atoms with E-state index in [1.54, 1.807) is 0 Å². The van der Waals surface area contributed by atoms with Crippen LogP contribution in [-0.2, 0) is 9.53 Å². The smallest absolute Gasteiger partial charge is 0.222 e. The van der Waals surface area contributed by atoms with E-state index in [1.807, 2.05) is 4.90 Å². The molecule has 0 spiro atoms. The Balaban J connectivity index is 3.50. The molecule has 0 N–H and O–H groups in total. The zero-order valence-electron chi connectivity index (χ0n) is 13.2. The molecule has 114 valence electrons. The summed E-state index contributed by atoms with van der Waals surface area (Å²) in [5, 5.41) is 0. The molecular weight excluding hydrogens is 238 g/mol. The number of amides is 1. The van der Waals surface area contributed by atoms with Crippen LogP contribution in [0.2, 0.25) is 0 Å². The number of hydrogen-bond acceptors (Lipinski definition) is 2. The minimum absolute atomic E-state index is 0.290. The van der Waals surface area contributed by atoms with Crippen LogP contribution >= 0.6 is 0 Å². The van der Waals surface area contributed by atoms with Crippen LogP contribution in [0.3, 0.4) is 0 Å². The van der Waals surface area contributed by atoms with Crippen LogP contribution in [0, 0.1) is 0 Å². The van der Waals surface area contributed by atoms with Gasteiger partial charge in [-0.3, -0.25) is 4.79 Å². The molecule has 3 nitrogen and oxygen atoms in total. The van der Waals surface area contributed by atoms with Crippen LogP contribution in [0.15, 0.2) is 0 Å². The van der Waals surface area contributed by atoms with Gasteiger partial charge in [0.15, 0.2) is 0 Å². The molecule has 0 heterocycles. The van der Waals surface area contributed by atoms with Gasteiger partial charge in [-0.1, -0.05) is 40.0 Å². The summed E-state index contributed by atoms with van der Waals surface area (Å²) in [4.78, 5) is 14.0. The highest BCUT2D eigenvalue weighted by molar-refractivity contribution is 5.76. The number of rotatable bonds is 13. The SMILES string of the molecule is CCCCCCOCCCC(=O)N(CCC)CCC. The van der Waals surface area contributed by atoms with Crippen LogP contribution in [0.4, 0.5) is 0 Å². The standard InChI is InChI=1S/C16H33NO2/c1-4-7-8-9-14-19-15-10-11-16(18)17(12-5-2)13-6-3/h4-15H2,1-3H3. The van der Waals surface area contributed by atoms with Crippen molar-refractivity contribution in [3.8, 4) is 0 Å². The van der Waals surface area contributed by atoms with Gasteiger partial charge in [-0.2, -0.15) is 0 Å². The minimum Gasteiger partial charge on any atom is -0.381 e. The van der Waals surface area contributed by atoms with Gasteiger partial charge in [-0.15, -0.1) is 0 Å². The number of hydrogen-bond donors (Lipinski definition) is 0. The Hall–Kier alpha value is -0.570. The van der Waals surface area contributed by atoms with Crippen molar-refractivity contribution in [2.75, 3.05) is 26.3 Å². The average molecular weight is 271 g/mol. The molecule has 0 rings (SSSR count). The van der Waals surface area contributed by atoms with Crippen LogP contribution < -0.4 is 0 Å². The maximum absolute atomic E-state index is 12.0. The van der Waals surface area contributed by atoms with E-state index in [4.69, 9.17) is 4.74 Å². The summed E-state index contributed by atoms with van der Waals surface area (Å²) in [6, 6.07) is 0. The van der Waals surface area contributed by atoms with Gasteiger partial charge in [-0.05, 0) is 25.7 Å². The molecule has 0 aliphatic carbocycles. The lowest BCUT2D eigenvalue weighted by Crippen LogP contribution is -2.32. The number of ether oxygens (including phenoxy) is 1. The van der Waals surface area contributed by atoms with Gasteiger partial charge < -0.3 is 9.64 Å². The summed E-state index contributed by atoms with van der Waals surface area (Å²) in [7, 11) is 0. The molecule has 0 aliphatic rings. The van der Waals surface area contributed by atoms with Crippen molar-refractivity contribution in [2.45, 2.75) is 72.1 Å². The topological polar surface area (TPSA) is 29.5 Å². The third kappa shape index (κ3) is 11.0. The first-order chi connectivity index (χ1) is 9.26. The van der Waals surface area contributed by atoms with Gasteiger partial charge in [0.2, 0.25) is 5.91 Å². The summed E-state index contributed by atoms with van der Waals surface area (Å²) in [5.41, 5.74) is 0. The Kier molecular flexibility index (Phi) is 13.4. The summed E-state index contributed by atoms with van der Waals surface area (Å²) in [6.45, 7) is 9.82. The molecule has 0 fully saturated rings. The molecule has 0 bridgehead atoms. The second kappa shape index (κ2) is 13.9. The maximum atomic E-state index is 12.0. The predicted molar refractivity (Wildman–Crippen MR) is 81.4 cm³/mol. The molecule has 0 aromatic carbocycles. The molecule has 0 radical (unpaired) electrons. The molecule has 19 heavy (non-hydrogen) atoms. The highest BCUT2D eigenvalue weighted by Crippen LogP contribution is 2.03. The summed E-state index contributed by atoms with van der Waals surface area (Å²) in [6.07, 6.45) is 8.55. The molecule has 0 aliphatic heterocycles. The Morgan fingerprint density at radius 1 is 0.842 bits per heavy atom. The number of nitrogens with zero attached hydrogens (tertiary/aromatic N) is 1. The Labute approximate surface area is 119 Å². The van der Waals surface area contributed by atoms with Crippen LogP contribution in [-0.4, -0.2) is 37.1 Å². The van der Waals surface area contributed by atoms with E-state index in [-0.39, 0.29) is 0 Å². The number of unbranched alkanes of at least 4 members (excludes halogenated alkanes) is 3. The van der Waals surface area contributed by atoms with Gasteiger partial charge in [0, 0.05) is 32.7 Å². The number of carbonyl (C=O) groups is 1. The zero-order chi connectivity index (χ0) is 14.3. The first-order valence-corrected chi connectivity index (χ1v) is 8.11. The molecule has 0 aromatic heterocycles. The highest BCUT2D eigenvalue weighted by atomic mass is 16.5. The van der Waals surface area contributed by atoms with Crippen molar-refractivity contribution in [3.05, 3.63) is 0 Å². The van der Waals surface area contributed by atoms with Crippen molar-refractivity contribution in [1.82, 2.24) is 4.90 Å². The van der Waals surface area contributed by atoms with Crippen molar-refractivity contribution >= 4 is 5.91 Å². The number of carbonyl (C=O) groups excluding carboxylic acids is 1. The minimum atomic E-state index is 0.290. The van der Waals surface area contributed by atoms with Crippen LogP contribution in [0.25, 0.3) is 0 Å². The fourth-order valence-electron chi connectivity index (χ4n) is 2.12. The Morgan fingerprint density at radius 2 is 1.47 bits per heavy atom. The first-order valence-electron chi connectivity index (χ1n) is 8.11. The first kappa shape index (κ1) is 18.4. The van der Waals surface area contributed by atoms with E-state index in [0.717, 1.165) is 52.0 Å². The second-order valence-corrected chi connectivity index (χ2v) is 5.16. The highest BCUT2D eigenvalue weighted by Gasteiger charge is 2.10. The van der Waals surface area contributed by atoms with Gasteiger partial charge in [0.1, 0.15) is 0 Å². The normalized spacial score (nSPS) is 10.7. The van der Waals surface area contributed by atoms with E-state index in [2.05, 4.69) is 20.8 Å². The van der Waals surface area contributed by atoms with Gasteiger partial charge in [-0.25, -0.2) is 0 Å². The van der Waals surface area contributed by atoms with E-state index in [0.29, 0.717) is 12.3 Å². The molecule has 0 saturated heterocycles. The third-order valence-corrected chi connectivity index (χ3v) is 3.16. The molecule has 1 amide bonds. The van der Waals surface area contributed by atoms with E-state index in [9.17, 15) is 4.79 Å². The predicted octanol–water partition coefficient (Wildman–Crippen LogP) is 4.01. The summed E-state index contributed by atoms with van der Waals surface area (Å²) in [5.74, 6) is 0.290.